The van der Waals surface area contributed by atoms with Gasteiger partial charge in [-0.3, -0.25) is 4.68 Å². The van der Waals surface area contributed by atoms with E-state index in [1.807, 2.05) is 0 Å². The second-order valence-corrected chi connectivity index (χ2v) is 4.32. The molecule has 22 heavy (non-hydrogen) atoms. The molecule has 0 radical (unpaired) electrons. The summed E-state index contributed by atoms with van der Waals surface area (Å²) in [5.41, 5.74) is 6.20. The summed E-state index contributed by atoms with van der Waals surface area (Å²) in [6.07, 6.45) is 2.64. The standard InChI is InChI=1S/C13H15N7O2/c1-7(12-18-6-20(2)19-12)22-10-9-8(4-15-13(10)21-3)16-5-17-11(9)14/h4-7H,1-3H3,(H2,14,16,17)/i2D3,3D3. The molecule has 0 aliphatic rings. The first-order valence-corrected chi connectivity index (χ1v) is 6.12. The molecular formula is C13H15N7O2. The summed E-state index contributed by atoms with van der Waals surface area (Å²) in [5, 5.41) is 4.06. The van der Waals surface area contributed by atoms with E-state index in [9.17, 15) is 0 Å². The van der Waals surface area contributed by atoms with Crippen LogP contribution in [0.1, 0.15) is 27.1 Å². The maximum absolute atomic E-state index is 7.34. The Morgan fingerprint density at radius 3 is 3.00 bits per heavy atom. The number of fused-ring (bicyclic) bond motifs is 1. The van der Waals surface area contributed by atoms with Crippen LogP contribution in [-0.2, 0) is 6.98 Å². The van der Waals surface area contributed by atoms with E-state index in [-0.39, 0.29) is 28.7 Å². The third-order valence-corrected chi connectivity index (χ3v) is 2.90. The minimum Gasteiger partial charge on any atom is -0.478 e. The molecule has 0 saturated heterocycles. The molecule has 3 rings (SSSR count). The fourth-order valence-electron chi connectivity index (χ4n) is 1.90. The van der Waals surface area contributed by atoms with Gasteiger partial charge in [-0.2, -0.15) is 5.10 Å². The number of hydrogen-bond acceptors (Lipinski definition) is 8. The number of ether oxygens (including phenoxy) is 2. The van der Waals surface area contributed by atoms with Gasteiger partial charge in [-0.05, 0) is 6.92 Å². The van der Waals surface area contributed by atoms with Crippen LogP contribution in [-0.4, -0.2) is 36.8 Å². The predicted octanol–water partition coefficient (Wildman–Crippen LogP) is 0.884. The average Bonchev–Trinajstić information content (AvgIpc) is 3.06. The number of anilines is 1. The third-order valence-electron chi connectivity index (χ3n) is 2.90. The number of aryl methyl sites for hydroxylation is 1. The summed E-state index contributed by atoms with van der Waals surface area (Å²) >= 11 is 0. The van der Waals surface area contributed by atoms with Crippen LogP contribution >= 0.6 is 0 Å². The van der Waals surface area contributed by atoms with Gasteiger partial charge in [-0.15, -0.1) is 0 Å². The maximum atomic E-state index is 7.34. The van der Waals surface area contributed by atoms with Crippen molar-refractivity contribution < 1.29 is 17.7 Å². The van der Waals surface area contributed by atoms with Crippen LogP contribution in [0.15, 0.2) is 18.9 Å². The first-order valence-electron chi connectivity index (χ1n) is 9.12. The van der Waals surface area contributed by atoms with Gasteiger partial charge in [0.15, 0.2) is 17.7 Å². The van der Waals surface area contributed by atoms with Gasteiger partial charge in [0.05, 0.1) is 28.2 Å². The molecule has 0 fully saturated rings. The number of nitrogens with two attached hydrogens (primary N) is 1. The number of hydrogen-bond donors (Lipinski definition) is 1. The molecule has 0 amide bonds. The second-order valence-electron chi connectivity index (χ2n) is 4.32. The van der Waals surface area contributed by atoms with Crippen LogP contribution in [0, 0.1) is 0 Å². The third kappa shape index (κ3) is 2.36. The highest BCUT2D eigenvalue weighted by atomic mass is 16.5. The molecule has 3 heterocycles. The van der Waals surface area contributed by atoms with E-state index in [1.54, 1.807) is 0 Å². The van der Waals surface area contributed by atoms with Gasteiger partial charge in [0.2, 0.25) is 0 Å². The van der Waals surface area contributed by atoms with Crippen molar-refractivity contribution in [2.24, 2.45) is 6.98 Å². The van der Waals surface area contributed by atoms with Crippen molar-refractivity contribution in [2.75, 3.05) is 12.8 Å². The maximum Gasteiger partial charge on any atom is 0.257 e. The minimum atomic E-state index is -2.80. The van der Waals surface area contributed by atoms with E-state index in [4.69, 9.17) is 23.4 Å². The topological polar surface area (TPSA) is 114 Å². The predicted molar refractivity (Wildman–Crippen MR) is 78.3 cm³/mol. The minimum absolute atomic E-state index is 0.0194. The number of nitrogens with zero attached hydrogens (tertiary/aromatic N) is 6. The molecule has 9 heteroatoms. The number of methoxy groups -OCH3 is 1. The summed E-state index contributed by atoms with van der Waals surface area (Å²) in [7, 11) is -2.80. The Labute approximate surface area is 134 Å². The zero-order chi connectivity index (χ0) is 20.7. The molecular weight excluding hydrogens is 286 g/mol. The van der Waals surface area contributed by atoms with Crippen LogP contribution in [0.3, 0.4) is 0 Å². The quantitative estimate of drug-likeness (QED) is 0.755. The SMILES string of the molecule is [2H]C([2H])([2H])Oc1ncc2ncnc(N)c2c1OC(C)c1ncn(C([2H])([2H])[2H])n1. The average molecular weight is 307 g/mol. The monoisotopic (exact) mass is 307 g/mol. The van der Waals surface area contributed by atoms with Crippen molar-refractivity contribution in [3.63, 3.8) is 0 Å². The largest absolute Gasteiger partial charge is 0.478 e. The molecule has 0 saturated carbocycles. The molecule has 2 N–H and O–H groups in total. The Hall–Kier alpha value is -2.97. The van der Waals surface area contributed by atoms with Crippen molar-refractivity contribution in [3.8, 4) is 11.6 Å². The molecule has 0 spiro atoms. The number of nitrogen functional groups attached to an aromatic ring is 1. The van der Waals surface area contributed by atoms with Gasteiger partial charge in [-0.25, -0.2) is 19.9 Å². The summed E-state index contributed by atoms with van der Waals surface area (Å²) < 4.78 is 55.4. The van der Waals surface area contributed by atoms with Gasteiger partial charge >= 0.3 is 0 Å². The highest BCUT2D eigenvalue weighted by molar-refractivity contribution is 5.94. The molecule has 0 aromatic carbocycles. The van der Waals surface area contributed by atoms with Gasteiger partial charge < -0.3 is 15.2 Å². The van der Waals surface area contributed by atoms with Crippen LogP contribution in [0.2, 0.25) is 0 Å². The van der Waals surface area contributed by atoms with E-state index in [0.29, 0.717) is 10.2 Å². The second kappa shape index (κ2) is 5.43. The molecule has 114 valence electrons. The zero-order valence-corrected chi connectivity index (χ0v) is 11.4. The molecule has 3 aromatic rings. The fourth-order valence-corrected chi connectivity index (χ4v) is 1.90. The molecule has 9 nitrogen and oxygen atoms in total. The Balaban J connectivity index is 2.05. The van der Waals surface area contributed by atoms with Crippen molar-refractivity contribution in [3.05, 3.63) is 24.7 Å². The van der Waals surface area contributed by atoms with Crippen molar-refractivity contribution in [1.29, 1.82) is 0 Å². The lowest BCUT2D eigenvalue weighted by Gasteiger charge is -2.16. The lowest BCUT2D eigenvalue weighted by molar-refractivity contribution is 0.207. The van der Waals surface area contributed by atoms with Gasteiger partial charge in [0.25, 0.3) is 5.88 Å². The van der Waals surface area contributed by atoms with Crippen molar-refractivity contribution in [1.82, 2.24) is 29.7 Å². The smallest absolute Gasteiger partial charge is 0.257 e. The lowest BCUT2D eigenvalue weighted by Crippen LogP contribution is -2.09. The van der Waals surface area contributed by atoms with Crippen LogP contribution < -0.4 is 15.2 Å². The highest BCUT2D eigenvalue weighted by Crippen LogP contribution is 2.37. The molecule has 1 atom stereocenters. The molecule has 0 aliphatic heterocycles. The van der Waals surface area contributed by atoms with Gasteiger partial charge in [0.1, 0.15) is 18.5 Å². The molecule has 0 aliphatic carbocycles. The summed E-state index contributed by atoms with van der Waals surface area (Å²) in [6.45, 7) is -0.961. The van der Waals surface area contributed by atoms with E-state index >= 15 is 0 Å². The summed E-state index contributed by atoms with van der Waals surface area (Å²) in [4.78, 5) is 15.7. The number of aromatic nitrogens is 6. The first kappa shape index (κ1) is 8.47. The van der Waals surface area contributed by atoms with Crippen LogP contribution in [0.4, 0.5) is 5.82 Å². The molecule has 0 bridgehead atoms. The Morgan fingerprint density at radius 1 is 1.32 bits per heavy atom. The molecule has 3 aromatic heterocycles. The fraction of sp³-hybridized carbons (Fsp3) is 0.308. The Kier molecular flexibility index (Phi) is 2.09. The van der Waals surface area contributed by atoms with E-state index in [2.05, 4.69) is 25.0 Å². The molecule has 1 unspecified atom stereocenters. The highest BCUT2D eigenvalue weighted by Gasteiger charge is 2.20. The van der Waals surface area contributed by atoms with E-state index < -0.39 is 20.1 Å². The van der Waals surface area contributed by atoms with Crippen LogP contribution in [0.5, 0.6) is 11.6 Å². The van der Waals surface area contributed by atoms with Crippen molar-refractivity contribution >= 4 is 16.7 Å². The van der Waals surface area contributed by atoms with Crippen LogP contribution in [0.25, 0.3) is 10.9 Å². The van der Waals surface area contributed by atoms with E-state index in [0.717, 1.165) is 6.33 Å². The first-order chi connectivity index (χ1) is 13.0. The Bertz CT molecular complexity index is 1000. The summed E-state index contributed by atoms with van der Waals surface area (Å²) in [5.74, 6) is -0.407. The van der Waals surface area contributed by atoms with E-state index in [1.165, 1.54) is 19.4 Å². The van der Waals surface area contributed by atoms with Gasteiger partial charge in [-0.1, -0.05) is 0 Å². The van der Waals surface area contributed by atoms with Crippen molar-refractivity contribution in [2.45, 2.75) is 13.0 Å². The normalized spacial score (nSPS) is 17.5. The van der Waals surface area contributed by atoms with Gasteiger partial charge in [0, 0.05) is 11.1 Å². The Morgan fingerprint density at radius 2 is 2.23 bits per heavy atom. The number of rotatable bonds is 4. The zero-order valence-electron chi connectivity index (χ0n) is 17.4. The summed E-state index contributed by atoms with van der Waals surface area (Å²) in [6, 6.07) is 0. The lowest BCUT2D eigenvalue weighted by atomic mass is 10.2. The number of pyridine rings is 1.